The molecule has 3 aromatic carbocycles. The number of carbonyl (C=O) groups is 1. The molecule has 4 heteroatoms. The number of rotatable bonds is 1. The molecule has 3 aromatic rings. The fourth-order valence-corrected chi connectivity index (χ4v) is 2.89. The van der Waals surface area contributed by atoms with Crippen LogP contribution in [0.3, 0.4) is 0 Å². The molecular formula is C19H10N2O2. The first-order valence-corrected chi connectivity index (χ1v) is 7.11. The van der Waals surface area contributed by atoms with Gasteiger partial charge in [0.2, 0.25) is 5.69 Å². The Morgan fingerprint density at radius 3 is 2.52 bits per heavy atom. The largest absolute Gasteiger partial charge is 0.618 e. The van der Waals surface area contributed by atoms with E-state index in [1.54, 1.807) is 12.1 Å². The van der Waals surface area contributed by atoms with Crippen LogP contribution in [0.5, 0.6) is 0 Å². The lowest BCUT2D eigenvalue weighted by Gasteiger charge is -2.03. The average molecular weight is 298 g/mol. The van der Waals surface area contributed by atoms with E-state index in [1.807, 2.05) is 42.5 Å². The highest BCUT2D eigenvalue weighted by molar-refractivity contribution is 6.52. The van der Waals surface area contributed by atoms with Crippen molar-refractivity contribution in [2.24, 2.45) is 0 Å². The fraction of sp³-hybridized carbons (Fsp3) is 0. The van der Waals surface area contributed by atoms with Crippen LogP contribution in [-0.4, -0.2) is 16.2 Å². The molecule has 1 heterocycles. The topological polar surface area (TPSA) is 66.9 Å². The van der Waals surface area contributed by atoms with E-state index in [0.717, 1.165) is 10.8 Å². The van der Waals surface area contributed by atoms with Crippen LogP contribution in [0, 0.1) is 16.5 Å². The summed E-state index contributed by atoms with van der Waals surface area (Å²) in [6.45, 7) is 0. The van der Waals surface area contributed by atoms with Gasteiger partial charge in [-0.3, -0.25) is 4.79 Å². The maximum Gasteiger partial charge on any atom is 0.272 e. The number of fused-ring (bicyclic) bond motifs is 2. The van der Waals surface area contributed by atoms with Crippen molar-refractivity contribution in [1.29, 1.82) is 5.26 Å². The molecule has 0 radical (unpaired) electrons. The van der Waals surface area contributed by atoms with Gasteiger partial charge >= 0.3 is 0 Å². The first-order chi connectivity index (χ1) is 11.2. The van der Waals surface area contributed by atoms with Gasteiger partial charge in [-0.05, 0) is 35.0 Å². The second kappa shape index (κ2) is 4.79. The van der Waals surface area contributed by atoms with Gasteiger partial charge in [0, 0.05) is 6.07 Å². The van der Waals surface area contributed by atoms with Crippen molar-refractivity contribution < 1.29 is 9.53 Å². The first-order valence-electron chi connectivity index (χ1n) is 7.11. The van der Waals surface area contributed by atoms with Crippen molar-refractivity contribution in [3.63, 3.8) is 0 Å². The minimum atomic E-state index is -0.345. The number of nitriles is 1. The molecule has 1 aliphatic heterocycles. The molecule has 0 bridgehead atoms. The maximum absolute atomic E-state index is 12.6. The highest BCUT2D eigenvalue weighted by atomic mass is 16.5. The number of ketones is 1. The third-order valence-corrected chi connectivity index (χ3v) is 4.03. The Balaban J connectivity index is 1.90. The van der Waals surface area contributed by atoms with E-state index < -0.39 is 0 Å². The van der Waals surface area contributed by atoms with Crippen LogP contribution < -0.4 is 0 Å². The van der Waals surface area contributed by atoms with Crippen LogP contribution >= 0.6 is 0 Å². The summed E-state index contributed by atoms with van der Waals surface area (Å²) in [5.74, 6) is -0.345. The van der Waals surface area contributed by atoms with E-state index in [1.165, 1.54) is 12.1 Å². The molecular weight excluding hydrogens is 288 g/mol. The summed E-state index contributed by atoms with van der Waals surface area (Å²) in [5, 5.41) is 23.5. The number of carbonyl (C=O) groups excluding carboxylic acids is 1. The number of hydrogen-bond donors (Lipinski definition) is 0. The van der Waals surface area contributed by atoms with Gasteiger partial charge in [-0.1, -0.05) is 30.3 Å². The van der Waals surface area contributed by atoms with E-state index in [9.17, 15) is 10.0 Å². The highest BCUT2D eigenvalue weighted by Gasteiger charge is 2.36. The van der Waals surface area contributed by atoms with Crippen molar-refractivity contribution in [2.75, 3.05) is 0 Å². The lowest BCUT2D eigenvalue weighted by Crippen LogP contribution is -2.16. The van der Waals surface area contributed by atoms with Gasteiger partial charge in [-0.2, -0.15) is 10.0 Å². The number of hydrogen-bond acceptors (Lipinski definition) is 3. The third kappa shape index (κ3) is 1.91. The zero-order valence-corrected chi connectivity index (χ0v) is 12.0. The predicted octanol–water partition coefficient (Wildman–Crippen LogP) is 3.54. The minimum absolute atomic E-state index is 0.0980. The number of benzene rings is 3. The van der Waals surface area contributed by atoms with Gasteiger partial charge in [-0.25, -0.2) is 0 Å². The zero-order chi connectivity index (χ0) is 16.0. The Morgan fingerprint density at radius 2 is 1.74 bits per heavy atom. The molecule has 1 aliphatic rings. The van der Waals surface area contributed by atoms with Crippen molar-refractivity contribution in [2.45, 2.75) is 0 Å². The summed E-state index contributed by atoms with van der Waals surface area (Å²) >= 11 is 0. The lowest BCUT2D eigenvalue weighted by molar-refractivity contribution is -0.355. The van der Waals surface area contributed by atoms with Gasteiger partial charge in [0.05, 0.1) is 17.2 Å². The summed E-state index contributed by atoms with van der Waals surface area (Å²) in [7, 11) is 0. The van der Waals surface area contributed by atoms with Gasteiger partial charge in [0.1, 0.15) is 5.56 Å². The first kappa shape index (κ1) is 13.2. The van der Waals surface area contributed by atoms with Crippen molar-refractivity contribution in [1.82, 2.24) is 0 Å². The fourth-order valence-electron chi connectivity index (χ4n) is 2.89. The van der Waals surface area contributed by atoms with Crippen LogP contribution in [0.15, 0.2) is 60.7 Å². The summed E-state index contributed by atoms with van der Waals surface area (Å²) in [6.07, 6.45) is 0. The van der Waals surface area contributed by atoms with Crippen LogP contribution in [0.2, 0.25) is 0 Å². The van der Waals surface area contributed by atoms with Crippen LogP contribution in [0.1, 0.15) is 21.5 Å². The zero-order valence-electron chi connectivity index (χ0n) is 12.0. The Morgan fingerprint density at radius 1 is 0.957 bits per heavy atom. The van der Waals surface area contributed by atoms with Crippen molar-refractivity contribution in [3.05, 3.63) is 82.6 Å². The molecule has 0 aromatic heterocycles. The van der Waals surface area contributed by atoms with E-state index >= 15 is 0 Å². The van der Waals surface area contributed by atoms with E-state index in [0.29, 0.717) is 15.9 Å². The smallest absolute Gasteiger partial charge is 0.272 e. The monoisotopic (exact) mass is 298 g/mol. The Hall–Kier alpha value is -3.45. The van der Waals surface area contributed by atoms with Crippen LogP contribution in [0.25, 0.3) is 10.8 Å². The Labute approximate surface area is 132 Å². The SMILES string of the molecule is N#Cc1ccc2c(c1)C(=O)C(c1ccc3ccccc3c1)=[N+]2[O-]. The number of nitrogens with zero attached hydrogens (tertiary/aromatic N) is 2. The molecule has 23 heavy (non-hydrogen) atoms. The molecule has 4 rings (SSSR count). The Kier molecular flexibility index (Phi) is 2.75. The van der Waals surface area contributed by atoms with Crippen molar-refractivity contribution in [3.8, 4) is 6.07 Å². The second-order valence-electron chi connectivity index (χ2n) is 5.38. The van der Waals surface area contributed by atoms with E-state index in [4.69, 9.17) is 5.26 Å². The van der Waals surface area contributed by atoms with Crippen LogP contribution in [-0.2, 0) is 0 Å². The van der Waals surface area contributed by atoms with Gasteiger partial charge in [-0.15, -0.1) is 0 Å². The molecule has 0 N–H and O–H groups in total. The highest BCUT2D eigenvalue weighted by Crippen LogP contribution is 2.29. The number of Topliss-reactive ketones (excluding diaryl/α,β-unsaturated/α-hetero) is 1. The van der Waals surface area contributed by atoms with Crippen LogP contribution in [0.4, 0.5) is 5.69 Å². The molecule has 0 saturated carbocycles. The molecule has 108 valence electrons. The summed E-state index contributed by atoms with van der Waals surface area (Å²) in [6, 6.07) is 19.8. The molecule has 0 saturated heterocycles. The van der Waals surface area contributed by atoms with E-state index in [2.05, 4.69) is 0 Å². The normalized spacial score (nSPS) is 13.3. The molecule has 0 unspecified atom stereocenters. The van der Waals surface area contributed by atoms with Gasteiger partial charge in [0.15, 0.2) is 0 Å². The molecule has 0 fully saturated rings. The minimum Gasteiger partial charge on any atom is -0.618 e. The summed E-state index contributed by atoms with van der Waals surface area (Å²) in [5.41, 5.74) is 1.61. The molecule has 0 amide bonds. The standard InChI is InChI=1S/C19H10N2O2/c20-11-12-5-8-17-16(9-12)19(22)18(21(17)23)15-7-6-13-3-1-2-4-14(13)10-15/h1-10H. The predicted molar refractivity (Wildman–Crippen MR) is 86.8 cm³/mol. The second-order valence-corrected chi connectivity index (χ2v) is 5.38. The average Bonchev–Trinajstić information content (AvgIpc) is 2.85. The molecule has 0 atom stereocenters. The maximum atomic E-state index is 12.6. The molecule has 0 spiro atoms. The summed E-state index contributed by atoms with van der Waals surface area (Å²) < 4.78 is 0.656. The third-order valence-electron chi connectivity index (χ3n) is 4.03. The quantitative estimate of drug-likeness (QED) is 0.510. The molecule has 0 aliphatic carbocycles. The van der Waals surface area contributed by atoms with Gasteiger partial charge in [0.25, 0.3) is 11.5 Å². The Bertz CT molecular complexity index is 1060. The van der Waals surface area contributed by atoms with Gasteiger partial charge < -0.3 is 5.21 Å². The lowest BCUT2D eigenvalue weighted by atomic mass is 9.99. The van der Waals surface area contributed by atoms with Crippen molar-refractivity contribution >= 4 is 28.0 Å². The molecule has 4 nitrogen and oxygen atoms in total. The summed E-state index contributed by atoms with van der Waals surface area (Å²) in [4.78, 5) is 12.6. The van der Waals surface area contributed by atoms with E-state index in [-0.39, 0.29) is 22.7 Å².